The Morgan fingerprint density at radius 2 is 2.05 bits per heavy atom. The van der Waals surface area contributed by atoms with E-state index in [2.05, 4.69) is 19.2 Å². The van der Waals surface area contributed by atoms with E-state index in [1.165, 1.54) is 25.3 Å². The molecule has 0 radical (unpaired) electrons. The van der Waals surface area contributed by atoms with Crippen LogP contribution in [0.15, 0.2) is 18.2 Å². The van der Waals surface area contributed by atoms with Crippen LogP contribution in [0.4, 0.5) is 11.4 Å². The SMILES string of the molecule is CC(C)C1CCCCC1Nc1ccc(N)cc1C(=O)O. The summed E-state index contributed by atoms with van der Waals surface area (Å²) in [4.78, 5) is 11.3. The van der Waals surface area contributed by atoms with E-state index >= 15 is 0 Å². The van der Waals surface area contributed by atoms with Crippen molar-refractivity contribution in [2.24, 2.45) is 11.8 Å². The van der Waals surface area contributed by atoms with Crippen LogP contribution in [-0.4, -0.2) is 17.1 Å². The molecule has 2 rings (SSSR count). The number of rotatable bonds is 4. The Kier molecular flexibility index (Phi) is 4.53. The molecule has 0 heterocycles. The molecule has 110 valence electrons. The first-order chi connectivity index (χ1) is 9.49. The number of nitrogens with one attached hydrogen (secondary N) is 1. The Bertz CT molecular complexity index is 485. The van der Waals surface area contributed by atoms with Gasteiger partial charge in [-0.2, -0.15) is 0 Å². The van der Waals surface area contributed by atoms with Crippen molar-refractivity contribution in [3.8, 4) is 0 Å². The van der Waals surface area contributed by atoms with Crippen LogP contribution in [0.1, 0.15) is 49.9 Å². The third-order valence-electron chi connectivity index (χ3n) is 4.29. The lowest BCUT2D eigenvalue weighted by molar-refractivity contribution is 0.0698. The summed E-state index contributed by atoms with van der Waals surface area (Å²) in [6, 6.07) is 5.41. The van der Waals surface area contributed by atoms with Gasteiger partial charge < -0.3 is 16.2 Å². The molecule has 4 N–H and O–H groups in total. The molecule has 0 saturated heterocycles. The zero-order valence-corrected chi connectivity index (χ0v) is 12.2. The Labute approximate surface area is 120 Å². The molecule has 0 spiro atoms. The highest BCUT2D eigenvalue weighted by Gasteiger charge is 2.28. The van der Waals surface area contributed by atoms with Crippen molar-refractivity contribution >= 4 is 17.3 Å². The first-order valence-corrected chi connectivity index (χ1v) is 7.38. The normalized spacial score (nSPS) is 22.8. The third kappa shape index (κ3) is 3.24. The van der Waals surface area contributed by atoms with E-state index in [1.807, 2.05) is 0 Å². The molecule has 4 nitrogen and oxygen atoms in total. The van der Waals surface area contributed by atoms with Gasteiger partial charge in [0.25, 0.3) is 0 Å². The van der Waals surface area contributed by atoms with E-state index in [1.54, 1.807) is 12.1 Å². The second-order valence-corrected chi connectivity index (χ2v) is 6.05. The minimum atomic E-state index is -0.934. The van der Waals surface area contributed by atoms with Crippen LogP contribution in [0, 0.1) is 11.8 Å². The molecular weight excluding hydrogens is 252 g/mol. The van der Waals surface area contributed by atoms with Crippen molar-refractivity contribution in [1.29, 1.82) is 0 Å². The number of nitrogen functional groups attached to an aromatic ring is 1. The van der Waals surface area contributed by atoms with E-state index in [0.717, 1.165) is 6.42 Å². The molecule has 0 amide bonds. The molecule has 1 aliphatic rings. The Hall–Kier alpha value is -1.71. The van der Waals surface area contributed by atoms with Crippen LogP contribution in [0.5, 0.6) is 0 Å². The van der Waals surface area contributed by atoms with Crippen molar-refractivity contribution in [3.05, 3.63) is 23.8 Å². The molecule has 1 aromatic rings. The van der Waals surface area contributed by atoms with Crippen LogP contribution in [0.2, 0.25) is 0 Å². The Balaban J connectivity index is 2.22. The summed E-state index contributed by atoms with van der Waals surface area (Å²) in [7, 11) is 0. The molecular formula is C16H24N2O2. The van der Waals surface area contributed by atoms with E-state index in [9.17, 15) is 9.90 Å². The van der Waals surface area contributed by atoms with Gasteiger partial charge in [-0.1, -0.05) is 26.7 Å². The number of anilines is 2. The number of nitrogens with two attached hydrogens (primary N) is 1. The second kappa shape index (κ2) is 6.16. The zero-order valence-electron chi connectivity index (χ0n) is 12.2. The van der Waals surface area contributed by atoms with Gasteiger partial charge in [0.15, 0.2) is 0 Å². The standard InChI is InChI=1S/C16H24N2O2/c1-10(2)12-5-3-4-6-14(12)18-15-8-7-11(17)9-13(15)16(19)20/h7-10,12,14,18H,3-6,17H2,1-2H3,(H,19,20). The molecule has 4 heteroatoms. The van der Waals surface area contributed by atoms with Crippen LogP contribution in [0.25, 0.3) is 0 Å². The van der Waals surface area contributed by atoms with Gasteiger partial charge in [-0.15, -0.1) is 0 Å². The minimum absolute atomic E-state index is 0.262. The van der Waals surface area contributed by atoms with E-state index < -0.39 is 5.97 Å². The molecule has 1 aliphatic carbocycles. The first kappa shape index (κ1) is 14.7. The summed E-state index contributed by atoms with van der Waals surface area (Å²) in [6.07, 6.45) is 4.80. The van der Waals surface area contributed by atoms with Crippen molar-refractivity contribution in [3.63, 3.8) is 0 Å². The van der Waals surface area contributed by atoms with Crippen molar-refractivity contribution < 1.29 is 9.90 Å². The summed E-state index contributed by atoms with van der Waals surface area (Å²) in [5.74, 6) is 0.273. The Morgan fingerprint density at radius 3 is 2.70 bits per heavy atom. The fourth-order valence-electron chi connectivity index (χ4n) is 3.20. The number of hydrogen-bond acceptors (Lipinski definition) is 3. The summed E-state index contributed by atoms with van der Waals surface area (Å²) in [5.41, 5.74) is 7.11. The highest BCUT2D eigenvalue weighted by atomic mass is 16.4. The average molecular weight is 276 g/mol. The first-order valence-electron chi connectivity index (χ1n) is 7.38. The largest absolute Gasteiger partial charge is 0.478 e. The third-order valence-corrected chi connectivity index (χ3v) is 4.29. The van der Waals surface area contributed by atoms with Gasteiger partial charge in [-0.05, 0) is 42.9 Å². The van der Waals surface area contributed by atoms with Gasteiger partial charge in [0.1, 0.15) is 0 Å². The van der Waals surface area contributed by atoms with Crippen LogP contribution < -0.4 is 11.1 Å². The lowest BCUT2D eigenvalue weighted by Gasteiger charge is -2.35. The zero-order chi connectivity index (χ0) is 14.7. The van der Waals surface area contributed by atoms with Crippen LogP contribution in [0.3, 0.4) is 0 Å². The fraction of sp³-hybridized carbons (Fsp3) is 0.562. The van der Waals surface area contributed by atoms with Gasteiger partial charge in [-0.3, -0.25) is 0 Å². The molecule has 2 atom stereocenters. The molecule has 20 heavy (non-hydrogen) atoms. The molecule has 0 aromatic heterocycles. The van der Waals surface area contributed by atoms with Gasteiger partial charge in [-0.25, -0.2) is 4.79 Å². The quantitative estimate of drug-likeness (QED) is 0.734. The Morgan fingerprint density at radius 1 is 1.35 bits per heavy atom. The number of aromatic carboxylic acids is 1. The maximum absolute atomic E-state index is 11.3. The molecule has 0 aliphatic heterocycles. The van der Waals surface area contributed by atoms with E-state index in [-0.39, 0.29) is 5.56 Å². The number of carbonyl (C=O) groups is 1. The smallest absolute Gasteiger partial charge is 0.337 e. The van der Waals surface area contributed by atoms with Crippen molar-refractivity contribution in [2.75, 3.05) is 11.1 Å². The second-order valence-electron chi connectivity index (χ2n) is 6.05. The minimum Gasteiger partial charge on any atom is -0.478 e. The predicted molar refractivity (Wildman–Crippen MR) is 82.0 cm³/mol. The predicted octanol–water partition coefficient (Wildman–Crippen LogP) is 3.59. The maximum atomic E-state index is 11.3. The average Bonchev–Trinajstić information content (AvgIpc) is 2.41. The molecule has 1 aromatic carbocycles. The van der Waals surface area contributed by atoms with Crippen LogP contribution in [-0.2, 0) is 0 Å². The molecule has 1 fully saturated rings. The summed E-state index contributed by atoms with van der Waals surface area (Å²) in [6.45, 7) is 4.48. The number of carboxylic acid groups (broad SMARTS) is 1. The topological polar surface area (TPSA) is 75.3 Å². The van der Waals surface area contributed by atoms with Gasteiger partial charge in [0.2, 0.25) is 0 Å². The number of carboxylic acids is 1. The molecule has 1 saturated carbocycles. The highest BCUT2D eigenvalue weighted by Crippen LogP contribution is 2.33. The number of hydrogen-bond donors (Lipinski definition) is 3. The summed E-state index contributed by atoms with van der Waals surface area (Å²) in [5, 5.41) is 12.8. The van der Waals surface area contributed by atoms with Gasteiger partial charge in [0, 0.05) is 17.4 Å². The summed E-state index contributed by atoms with van der Waals surface area (Å²) >= 11 is 0. The fourth-order valence-corrected chi connectivity index (χ4v) is 3.20. The van der Waals surface area contributed by atoms with Crippen molar-refractivity contribution in [1.82, 2.24) is 0 Å². The van der Waals surface area contributed by atoms with E-state index in [0.29, 0.717) is 29.3 Å². The van der Waals surface area contributed by atoms with Crippen LogP contribution >= 0.6 is 0 Å². The number of benzene rings is 1. The maximum Gasteiger partial charge on any atom is 0.337 e. The molecule has 0 bridgehead atoms. The van der Waals surface area contributed by atoms with Gasteiger partial charge >= 0.3 is 5.97 Å². The van der Waals surface area contributed by atoms with Crippen molar-refractivity contribution in [2.45, 2.75) is 45.6 Å². The highest BCUT2D eigenvalue weighted by molar-refractivity contribution is 5.95. The lowest BCUT2D eigenvalue weighted by Crippen LogP contribution is -2.35. The van der Waals surface area contributed by atoms with Gasteiger partial charge in [0.05, 0.1) is 5.56 Å². The van der Waals surface area contributed by atoms with E-state index in [4.69, 9.17) is 5.73 Å². The summed E-state index contributed by atoms with van der Waals surface area (Å²) < 4.78 is 0. The monoisotopic (exact) mass is 276 g/mol. The lowest BCUT2D eigenvalue weighted by atomic mass is 9.77. The molecule has 2 unspecified atom stereocenters.